The number of carbonyl (C=O) groups is 1. The Balaban J connectivity index is 1.94. The second kappa shape index (κ2) is 7.51. The molecule has 0 unspecified atom stereocenters. The first-order valence-corrected chi connectivity index (χ1v) is 9.82. The summed E-state index contributed by atoms with van der Waals surface area (Å²) in [5.41, 5.74) is 4.21. The number of carbonyl (C=O) groups excluding carboxylic acids is 1. The maximum Gasteiger partial charge on any atom is 0.357 e. The number of hydrogen-bond acceptors (Lipinski definition) is 4. The molecule has 2 heterocycles. The number of para-hydroxylation sites is 1. The topological polar surface area (TPSA) is 57.0 Å². The van der Waals surface area contributed by atoms with E-state index in [4.69, 9.17) is 9.84 Å². The Morgan fingerprint density at radius 3 is 2.63 bits per heavy atom. The minimum absolute atomic E-state index is 0.342. The third-order valence-corrected chi connectivity index (χ3v) is 5.37. The summed E-state index contributed by atoms with van der Waals surface area (Å²) >= 11 is 0. The van der Waals surface area contributed by atoms with Crippen LogP contribution < -0.4 is 0 Å². The molecular formula is C22H25N3O2. The fraction of sp³-hybridized carbons (Fsp3) is 0.409. The predicted molar refractivity (Wildman–Crippen MR) is 105 cm³/mol. The molecule has 0 spiro atoms. The van der Waals surface area contributed by atoms with Crippen molar-refractivity contribution in [3.8, 4) is 5.69 Å². The van der Waals surface area contributed by atoms with Crippen molar-refractivity contribution in [1.82, 2.24) is 14.8 Å². The van der Waals surface area contributed by atoms with Gasteiger partial charge in [-0.15, -0.1) is 0 Å². The van der Waals surface area contributed by atoms with E-state index in [2.05, 4.69) is 4.98 Å². The van der Waals surface area contributed by atoms with Gasteiger partial charge in [0.05, 0.1) is 18.0 Å². The second-order valence-electron chi connectivity index (χ2n) is 7.18. The van der Waals surface area contributed by atoms with Gasteiger partial charge in [-0.05, 0) is 56.4 Å². The number of aromatic nitrogens is 3. The van der Waals surface area contributed by atoms with Crippen molar-refractivity contribution in [3.63, 3.8) is 0 Å². The van der Waals surface area contributed by atoms with Gasteiger partial charge in [0.25, 0.3) is 0 Å². The lowest BCUT2D eigenvalue weighted by atomic mass is 9.82. The molecule has 1 saturated carbocycles. The molecule has 0 aliphatic heterocycles. The van der Waals surface area contributed by atoms with Gasteiger partial charge in [0.2, 0.25) is 0 Å². The summed E-state index contributed by atoms with van der Waals surface area (Å²) in [7, 11) is 0. The molecule has 27 heavy (non-hydrogen) atoms. The van der Waals surface area contributed by atoms with Crippen molar-refractivity contribution in [2.24, 2.45) is 0 Å². The van der Waals surface area contributed by atoms with Crippen LogP contribution in [0.25, 0.3) is 16.7 Å². The highest BCUT2D eigenvalue weighted by molar-refractivity contribution is 5.93. The second-order valence-corrected chi connectivity index (χ2v) is 7.18. The highest BCUT2D eigenvalue weighted by Crippen LogP contribution is 2.38. The standard InChI is InChI=1S/C22H25N3O2/c1-3-27-22(26)19-14-18(16-10-6-4-7-11-16)20-15(2)24-25(21(20)23-19)17-12-8-5-9-13-17/h5,8-9,12-14,16H,3-4,6-7,10-11H2,1-2H3. The quantitative estimate of drug-likeness (QED) is 0.615. The van der Waals surface area contributed by atoms with Gasteiger partial charge in [-0.1, -0.05) is 37.5 Å². The van der Waals surface area contributed by atoms with Gasteiger partial charge in [-0.25, -0.2) is 14.5 Å². The molecule has 140 valence electrons. The summed E-state index contributed by atoms with van der Waals surface area (Å²) in [5, 5.41) is 5.85. The highest BCUT2D eigenvalue weighted by atomic mass is 16.5. The minimum Gasteiger partial charge on any atom is -0.461 e. The van der Waals surface area contributed by atoms with Crippen LogP contribution in [-0.4, -0.2) is 27.3 Å². The molecule has 2 aromatic heterocycles. The fourth-order valence-corrected chi connectivity index (χ4v) is 4.12. The zero-order valence-electron chi connectivity index (χ0n) is 15.9. The van der Waals surface area contributed by atoms with E-state index in [0.29, 0.717) is 18.2 Å². The van der Waals surface area contributed by atoms with E-state index in [0.717, 1.165) is 35.3 Å². The van der Waals surface area contributed by atoms with Crippen LogP contribution in [0.5, 0.6) is 0 Å². The van der Waals surface area contributed by atoms with Crippen LogP contribution >= 0.6 is 0 Å². The highest BCUT2D eigenvalue weighted by Gasteiger charge is 2.25. The smallest absolute Gasteiger partial charge is 0.357 e. The average Bonchev–Trinajstić information content (AvgIpc) is 3.05. The van der Waals surface area contributed by atoms with E-state index in [-0.39, 0.29) is 5.97 Å². The van der Waals surface area contributed by atoms with Gasteiger partial charge in [0.1, 0.15) is 0 Å². The minimum atomic E-state index is -0.366. The van der Waals surface area contributed by atoms with Crippen LogP contribution in [-0.2, 0) is 4.74 Å². The maximum atomic E-state index is 12.5. The summed E-state index contributed by atoms with van der Waals surface area (Å²) in [6.45, 7) is 4.19. The number of hydrogen-bond donors (Lipinski definition) is 0. The molecule has 1 aliphatic carbocycles. The molecule has 0 amide bonds. The number of benzene rings is 1. The Kier molecular flexibility index (Phi) is 4.92. The SMILES string of the molecule is CCOC(=O)c1cc(C2CCCCC2)c2c(C)nn(-c3ccccc3)c2n1. The first kappa shape index (κ1) is 17.7. The molecule has 5 heteroatoms. The Morgan fingerprint density at radius 2 is 1.93 bits per heavy atom. The van der Waals surface area contributed by atoms with Crippen LogP contribution in [0.3, 0.4) is 0 Å². The zero-order chi connectivity index (χ0) is 18.8. The van der Waals surface area contributed by atoms with Crippen LogP contribution in [0.4, 0.5) is 0 Å². The van der Waals surface area contributed by atoms with E-state index in [1.54, 1.807) is 0 Å². The normalized spacial score (nSPS) is 15.2. The molecule has 1 aromatic carbocycles. The van der Waals surface area contributed by atoms with E-state index in [9.17, 15) is 4.79 Å². The van der Waals surface area contributed by atoms with Crippen LogP contribution in [0.2, 0.25) is 0 Å². The number of nitrogens with zero attached hydrogens (tertiary/aromatic N) is 3. The summed E-state index contributed by atoms with van der Waals surface area (Å²) in [4.78, 5) is 17.1. The molecule has 0 bridgehead atoms. The Morgan fingerprint density at radius 1 is 1.19 bits per heavy atom. The Labute approximate surface area is 159 Å². The summed E-state index contributed by atoms with van der Waals surface area (Å²) in [5.74, 6) is 0.0828. The third-order valence-electron chi connectivity index (χ3n) is 5.37. The van der Waals surface area contributed by atoms with Crippen molar-refractivity contribution in [2.45, 2.75) is 51.9 Å². The molecule has 5 nitrogen and oxygen atoms in total. The number of pyridine rings is 1. The van der Waals surface area contributed by atoms with E-state index in [1.165, 1.54) is 24.8 Å². The van der Waals surface area contributed by atoms with Crippen molar-refractivity contribution < 1.29 is 9.53 Å². The van der Waals surface area contributed by atoms with E-state index in [1.807, 2.05) is 54.9 Å². The first-order valence-electron chi connectivity index (χ1n) is 9.82. The van der Waals surface area contributed by atoms with E-state index < -0.39 is 0 Å². The van der Waals surface area contributed by atoms with Crippen LogP contribution in [0.1, 0.15) is 66.7 Å². The lowest BCUT2D eigenvalue weighted by Crippen LogP contribution is -2.12. The molecule has 3 aromatic rings. The van der Waals surface area contributed by atoms with Crippen LogP contribution in [0.15, 0.2) is 36.4 Å². The molecule has 1 fully saturated rings. The lowest BCUT2D eigenvalue weighted by molar-refractivity contribution is 0.0519. The van der Waals surface area contributed by atoms with Gasteiger partial charge in [0.15, 0.2) is 11.3 Å². The molecule has 4 rings (SSSR count). The number of fused-ring (bicyclic) bond motifs is 1. The van der Waals surface area contributed by atoms with Crippen molar-refractivity contribution in [2.75, 3.05) is 6.61 Å². The maximum absolute atomic E-state index is 12.5. The lowest BCUT2D eigenvalue weighted by Gasteiger charge is -2.23. The van der Waals surface area contributed by atoms with Gasteiger partial charge in [0, 0.05) is 5.39 Å². The number of esters is 1. The third kappa shape index (κ3) is 3.34. The molecule has 0 saturated heterocycles. The molecule has 0 radical (unpaired) electrons. The van der Waals surface area contributed by atoms with Crippen LogP contribution in [0, 0.1) is 6.92 Å². The molecular weight excluding hydrogens is 338 g/mol. The predicted octanol–water partition coefficient (Wildman–Crippen LogP) is 4.95. The largest absolute Gasteiger partial charge is 0.461 e. The molecule has 1 aliphatic rings. The van der Waals surface area contributed by atoms with Crippen molar-refractivity contribution >= 4 is 17.0 Å². The van der Waals surface area contributed by atoms with Crippen molar-refractivity contribution in [3.05, 3.63) is 53.3 Å². The van der Waals surface area contributed by atoms with Gasteiger partial charge < -0.3 is 4.74 Å². The molecule has 0 atom stereocenters. The Hall–Kier alpha value is -2.69. The summed E-state index contributed by atoms with van der Waals surface area (Å²) in [6, 6.07) is 11.9. The number of rotatable bonds is 4. The monoisotopic (exact) mass is 363 g/mol. The zero-order valence-corrected chi connectivity index (χ0v) is 15.9. The van der Waals surface area contributed by atoms with Gasteiger partial charge in [-0.3, -0.25) is 0 Å². The van der Waals surface area contributed by atoms with E-state index >= 15 is 0 Å². The molecule has 0 N–H and O–H groups in total. The average molecular weight is 363 g/mol. The summed E-state index contributed by atoms with van der Waals surface area (Å²) < 4.78 is 7.09. The van der Waals surface area contributed by atoms with Gasteiger partial charge >= 0.3 is 5.97 Å². The fourth-order valence-electron chi connectivity index (χ4n) is 4.12. The first-order chi connectivity index (χ1) is 13.2. The van der Waals surface area contributed by atoms with Crippen molar-refractivity contribution in [1.29, 1.82) is 0 Å². The van der Waals surface area contributed by atoms with Gasteiger partial charge in [-0.2, -0.15) is 5.10 Å². The summed E-state index contributed by atoms with van der Waals surface area (Å²) in [6.07, 6.45) is 6.05. The number of ether oxygens (including phenoxy) is 1. The Bertz CT molecular complexity index is 957. The number of aryl methyl sites for hydroxylation is 1.